The van der Waals surface area contributed by atoms with Gasteiger partial charge < -0.3 is 19.6 Å². The normalized spacial score (nSPS) is 10.8. The first-order chi connectivity index (χ1) is 10.9. The maximum absolute atomic E-state index is 11.7. The largest absolute Gasteiger partial charge is 0.493 e. The lowest BCUT2D eigenvalue weighted by atomic mass is 10.1. The van der Waals surface area contributed by atoms with E-state index in [1.807, 2.05) is 6.07 Å². The third-order valence-electron chi connectivity index (χ3n) is 3.21. The minimum Gasteiger partial charge on any atom is -0.493 e. The number of aromatic nitrogens is 1. The number of ether oxygens (including phenoxy) is 2. The minimum absolute atomic E-state index is 0.0997. The number of H-pyrrole nitrogens is 1. The Labute approximate surface area is 137 Å². The maximum Gasteiger partial charge on any atom is 0.317 e. The van der Waals surface area contributed by atoms with Crippen molar-refractivity contribution in [3.63, 3.8) is 0 Å². The molecule has 0 amide bonds. The van der Waals surface area contributed by atoms with Gasteiger partial charge in [-0.25, -0.2) is 0 Å². The molecule has 0 atom stereocenters. The van der Waals surface area contributed by atoms with Gasteiger partial charge in [-0.05, 0) is 25.2 Å². The molecule has 0 saturated heterocycles. The first-order valence-electron chi connectivity index (χ1n) is 6.79. The van der Waals surface area contributed by atoms with Gasteiger partial charge in [-0.15, -0.1) is 0 Å². The van der Waals surface area contributed by atoms with Gasteiger partial charge >= 0.3 is 10.8 Å². The molecule has 23 heavy (non-hydrogen) atoms. The first kappa shape index (κ1) is 17.0. The summed E-state index contributed by atoms with van der Waals surface area (Å²) in [5.41, 5.74) is 1.44. The predicted octanol–water partition coefficient (Wildman–Crippen LogP) is 1.64. The van der Waals surface area contributed by atoms with Crippen LogP contribution in [-0.4, -0.2) is 48.8 Å². The lowest BCUT2D eigenvalue weighted by Crippen LogP contribution is -2.24. The molecule has 0 spiro atoms. The Hall–Kier alpha value is -2.32. The van der Waals surface area contributed by atoms with Crippen molar-refractivity contribution in [2.75, 3.05) is 27.8 Å². The summed E-state index contributed by atoms with van der Waals surface area (Å²) in [5, 5.41) is 8.84. The van der Waals surface area contributed by atoms with E-state index in [1.54, 1.807) is 38.3 Å². The summed E-state index contributed by atoms with van der Waals surface area (Å²) in [6.45, 7) is 0.261. The second kappa shape index (κ2) is 7.30. The molecule has 0 saturated carbocycles. The zero-order valence-corrected chi connectivity index (χ0v) is 13.9. The van der Waals surface area contributed by atoms with Crippen molar-refractivity contribution in [1.82, 2.24) is 9.88 Å². The van der Waals surface area contributed by atoms with Crippen LogP contribution in [0.3, 0.4) is 0 Å². The molecule has 1 heterocycles. The number of hydrogen-bond acceptors (Lipinski definition) is 6. The molecule has 0 unspecified atom stereocenters. The Morgan fingerprint density at radius 3 is 2.61 bits per heavy atom. The quantitative estimate of drug-likeness (QED) is 0.797. The number of nitrogens with zero attached hydrogens (tertiary/aromatic N) is 1. The van der Waals surface area contributed by atoms with Crippen LogP contribution in [0.25, 0.3) is 11.3 Å². The molecule has 7 nitrogen and oxygen atoms in total. The van der Waals surface area contributed by atoms with Crippen LogP contribution in [-0.2, 0) is 11.3 Å². The highest BCUT2D eigenvalue weighted by Crippen LogP contribution is 2.33. The number of aliphatic carboxylic acids is 1. The van der Waals surface area contributed by atoms with Crippen molar-refractivity contribution >= 4 is 17.3 Å². The van der Waals surface area contributed by atoms with Gasteiger partial charge in [0, 0.05) is 17.0 Å². The number of methoxy groups -OCH3 is 2. The molecule has 8 heteroatoms. The van der Waals surface area contributed by atoms with Crippen LogP contribution in [0, 0.1) is 0 Å². The maximum atomic E-state index is 11.7. The molecular weight excluding hydrogens is 320 g/mol. The third kappa shape index (κ3) is 4.11. The predicted molar refractivity (Wildman–Crippen MR) is 87.4 cm³/mol. The van der Waals surface area contributed by atoms with Crippen molar-refractivity contribution in [3.05, 3.63) is 32.7 Å². The SMILES string of the molecule is COc1ccc(-c2[nH]c(=O)sc2CN(C)CC(=O)O)cc1OC. The number of carboxylic acids is 1. The summed E-state index contributed by atoms with van der Waals surface area (Å²) in [6, 6.07) is 5.35. The van der Waals surface area contributed by atoms with E-state index < -0.39 is 5.97 Å². The topological polar surface area (TPSA) is 91.9 Å². The fraction of sp³-hybridized carbons (Fsp3) is 0.333. The van der Waals surface area contributed by atoms with Gasteiger partial charge in [0.05, 0.1) is 26.5 Å². The average Bonchev–Trinajstić information content (AvgIpc) is 2.86. The number of rotatable bonds is 7. The van der Waals surface area contributed by atoms with E-state index in [1.165, 1.54) is 0 Å². The number of hydrogen-bond donors (Lipinski definition) is 2. The molecule has 124 valence electrons. The summed E-state index contributed by atoms with van der Waals surface area (Å²) in [7, 11) is 4.78. The molecule has 2 aromatic rings. The third-order valence-corrected chi connectivity index (χ3v) is 4.08. The van der Waals surface area contributed by atoms with E-state index in [-0.39, 0.29) is 11.4 Å². The average molecular weight is 338 g/mol. The van der Waals surface area contributed by atoms with Crippen LogP contribution in [0.4, 0.5) is 0 Å². The van der Waals surface area contributed by atoms with Gasteiger partial charge in [0.15, 0.2) is 11.5 Å². The number of likely N-dealkylation sites (N-methyl/N-ethyl adjacent to an activating group) is 1. The summed E-state index contributed by atoms with van der Waals surface area (Å²) in [5.74, 6) is 0.239. The molecule has 1 aromatic heterocycles. The zero-order valence-electron chi connectivity index (χ0n) is 13.1. The van der Waals surface area contributed by atoms with Crippen molar-refractivity contribution < 1.29 is 19.4 Å². The summed E-state index contributed by atoms with van der Waals surface area (Å²) in [6.07, 6.45) is 0. The Bertz CT molecular complexity index is 753. The lowest BCUT2D eigenvalue weighted by molar-refractivity contribution is -0.138. The number of carboxylic acid groups (broad SMARTS) is 1. The Balaban J connectivity index is 2.36. The highest BCUT2D eigenvalue weighted by Gasteiger charge is 2.15. The zero-order chi connectivity index (χ0) is 17.0. The Kier molecular flexibility index (Phi) is 5.41. The summed E-state index contributed by atoms with van der Waals surface area (Å²) >= 11 is 1.07. The Morgan fingerprint density at radius 1 is 1.30 bits per heavy atom. The van der Waals surface area contributed by atoms with Crippen molar-refractivity contribution in [1.29, 1.82) is 0 Å². The molecule has 2 N–H and O–H groups in total. The minimum atomic E-state index is -0.914. The van der Waals surface area contributed by atoms with Gasteiger partial charge in [0.25, 0.3) is 0 Å². The van der Waals surface area contributed by atoms with E-state index in [9.17, 15) is 9.59 Å². The molecule has 0 radical (unpaired) electrons. The number of thiazole rings is 1. The van der Waals surface area contributed by atoms with Crippen LogP contribution in [0.5, 0.6) is 11.5 Å². The number of benzene rings is 1. The number of nitrogens with one attached hydrogen (secondary N) is 1. The van der Waals surface area contributed by atoms with E-state index >= 15 is 0 Å². The highest BCUT2D eigenvalue weighted by atomic mass is 32.1. The fourth-order valence-corrected chi connectivity index (χ4v) is 3.16. The fourth-order valence-electron chi connectivity index (χ4n) is 2.23. The molecule has 0 aliphatic heterocycles. The number of aromatic amines is 1. The highest BCUT2D eigenvalue weighted by molar-refractivity contribution is 7.09. The second-order valence-electron chi connectivity index (χ2n) is 4.95. The molecule has 1 aromatic carbocycles. The summed E-state index contributed by atoms with van der Waals surface area (Å²) in [4.78, 5) is 27.5. The van der Waals surface area contributed by atoms with Gasteiger partial charge in [-0.2, -0.15) is 0 Å². The van der Waals surface area contributed by atoms with Gasteiger partial charge in [-0.3, -0.25) is 14.5 Å². The van der Waals surface area contributed by atoms with E-state index in [0.29, 0.717) is 23.7 Å². The van der Waals surface area contributed by atoms with E-state index in [0.717, 1.165) is 21.8 Å². The molecule has 2 rings (SSSR count). The second-order valence-corrected chi connectivity index (χ2v) is 6.02. The molecular formula is C15H18N2O5S. The van der Waals surface area contributed by atoms with E-state index in [2.05, 4.69) is 4.98 Å². The van der Waals surface area contributed by atoms with E-state index in [4.69, 9.17) is 14.6 Å². The van der Waals surface area contributed by atoms with Gasteiger partial charge in [0.2, 0.25) is 0 Å². The van der Waals surface area contributed by atoms with Crippen LogP contribution >= 0.6 is 11.3 Å². The van der Waals surface area contributed by atoms with Gasteiger partial charge in [0.1, 0.15) is 0 Å². The van der Waals surface area contributed by atoms with Crippen LogP contribution in [0.2, 0.25) is 0 Å². The Morgan fingerprint density at radius 2 is 2.00 bits per heavy atom. The molecule has 0 aliphatic carbocycles. The van der Waals surface area contributed by atoms with Crippen LogP contribution < -0.4 is 14.3 Å². The number of carbonyl (C=O) groups is 1. The van der Waals surface area contributed by atoms with Crippen LogP contribution in [0.15, 0.2) is 23.0 Å². The van der Waals surface area contributed by atoms with Crippen molar-refractivity contribution in [3.8, 4) is 22.8 Å². The standard InChI is InChI=1S/C15H18N2O5S/c1-17(8-13(18)19)7-12-14(16-15(20)23-12)9-4-5-10(21-2)11(6-9)22-3/h4-6H,7-8H2,1-3H3,(H,16,20)(H,18,19). The summed E-state index contributed by atoms with van der Waals surface area (Å²) < 4.78 is 10.5. The monoisotopic (exact) mass is 338 g/mol. The van der Waals surface area contributed by atoms with Crippen molar-refractivity contribution in [2.24, 2.45) is 0 Å². The lowest BCUT2D eigenvalue weighted by Gasteiger charge is -2.14. The van der Waals surface area contributed by atoms with Gasteiger partial charge in [-0.1, -0.05) is 11.3 Å². The smallest absolute Gasteiger partial charge is 0.317 e. The molecule has 0 bridgehead atoms. The first-order valence-corrected chi connectivity index (χ1v) is 7.61. The van der Waals surface area contributed by atoms with Crippen LogP contribution in [0.1, 0.15) is 4.88 Å². The van der Waals surface area contributed by atoms with Crippen molar-refractivity contribution in [2.45, 2.75) is 6.54 Å². The molecule has 0 aliphatic rings. The molecule has 0 fully saturated rings.